The Morgan fingerprint density at radius 2 is 1.71 bits per heavy atom. The van der Waals surface area contributed by atoms with Gasteiger partial charge in [-0.3, -0.25) is 9.80 Å². The number of para-hydroxylation sites is 1. The number of rotatable bonds is 7. The first kappa shape index (κ1) is 21.8. The Kier molecular flexibility index (Phi) is 7.25. The Morgan fingerprint density at radius 3 is 2.42 bits per heavy atom. The monoisotopic (exact) mass is 431 g/mol. The number of ether oxygens (including phenoxy) is 2. The summed E-state index contributed by atoms with van der Waals surface area (Å²) in [4.78, 5) is 7.39. The highest BCUT2D eigenvalue weighted by molar-refractivity contribution is 5.49. The first-order chi connectivity index (χ1) is 15.1. The number of nitrogens with zero attached hydrogens (tertiary/aromatic N) is 3. The summed E-state index contributed by atoms with van der Waals surface area (Å²) in [6.45, 7) is 3.90. The number of methoxy groups -OCH3 is 1. The van der Waals surface area contributed by atoms with Crippen LogP contribution in [0.2, 0.25) is 0 Å². The van der Waals surface area contributed by atoms with Crippen LogP contribution >= 0.6 is 0 Å². The second-order valence-electron chi connectivity index (χ2n) is 8.24. The lowest BCUT2D eigenvalue weighted by Gasteiger charge is -2.44. The molecule has 0 N–H and O–H groups in total. The molecule has 2 aliphatic heterocycles. The molecule has 0 aliphatic carbocycles. The summed E-state index contributed by atoms with van der Waals surface area (Å²) in [6.07, 6.45) is 2.31. The highest BCUT2D eigenvalue weighted by Crippen LogP contribution is 2.26. The van der Waals surface area contributed by atoms with Crippen molar-refractivity contribution in [3.63, 3.8) is 0 Å². The second-order valence-corrected chi connectivity index (χ2v) is 8.24. The van der Waals surface area contributed by atoms with Crippen LogP contribution < -0.4 is 14.4 Å². The van der Waals surface area contributed by atoms with Crippen LogP contribution in [-0.2, 0) is 6.54 Å². The summed E-state index contributed by atoms with van der Waals surface area (Å²) in [5, 5.41) is 0. The topological polar surface area (TPSA) is 28.2 Å². The molecule has 2 saturated heterocycles. The van der Waals surface area contributed by atoms with Gasteiger partial charge < -0.3 is 14.4 Å². The van der Waals surface area contributed by atoms with E-state index in [0.717, 1.165) is 57.0 Å². The Labute approximate surface area is 183 Å². The molecule has 0 radical (unpaired) electrons. The fourth-order valence-corrected chi connectivity index (χ4v) is 4.70. The number of piperazine rings is 1. The van der Waals surface area contributed by atoms with E-state index >= 15 is 0 Å². The number of alkyl halides is 2. The van der Waals surface area contributed by atoms with Gasteiger partial charge in [0.1, 0.15) is 11.5 Å². The van der Waals surface area contributed by atoms with Gasteiger partial charge in [-0.25, -0.2) is 0 Å². The van der Waals surface area contributed by atoms with Crippen molar-refractivity contribution in [2.45, 2.75) is 32.0 Å². The third-order valence-corrected chi connectivity index (χ3v) is 6.33. The zero-order valence-corrected chi connectivity index (χ0v) is 18.1. The molecule has 0 aromatic heterocycles. The lowest BCUT2D eigenvalue weighted by Crippen LogP contribution is -2.55. The van der Waals surface area contributed by atoms with Crippen molar-refractivity contribution in [2.24, 2.45) is 0 Å². The molecule has 0 bridgehead atoms. The number of hydrogen-bond donors (Lipinski definition) is 0. The lowest BCUT2D eigenvalue weighted by molar-refractivity contribution is -0.0509. The maximum absolute atomic E-state index is 12.7. The highest BCUT2D eigenvalue weighted by Gasteiger charge is 2.28. The third kappa shape index (κ3) is 5.66. The molecule has 2 aromatic rings. The minimum Gasteiger partial charge on any atom is -0.497 e. The lowest BCUT2D eigenvalue weighted by atomic mass is 10.0. The largest absolute Gasteiger partial charge is 0.497 e. The summed E-state index contributed by atoms with van der Waals surface area (Å²) >= 11 is 0. The fourth-order valence-electron chi connectivity index (χ4n) is 4.70. The van der Waals surface area contributed by atoms with Crippen LogP contribution in [0.25, 0.3) is 0 Å². The van der Waals surface area contributed by atoms with Crippen LogP contribution in [0.1, 0.15) is 18.4 Å². The molecule has 4 rings (SSSR count). The smallest absolute Gasteiger partial charge is 0.387 e. The number of likely N-dealkylation sites (tertiary alicyclic amines) is 1. The Bertz CT molecular complexity index is 826. The zero-order valence-electron chi connectivity index (χ0n) is 18.1. The standard InChI is InChI=1S/C24H31F2N3O2/c1-30-22-10-8-20(9-11-22)28-13-15-29(16-14-28)21-6-4-12-27(18-21)17-19-5-2-3-7-23(19)31-24(25)26/h2-3,5,7-11,21,24H,4,6,12-18H2,1H3/t21-/m0/s1. The van der Waals surface area contributed by atoms with Crippen molar-refractivity contribution in [3.8, 4) is 11.5 Å². The van der Waals surface area contributed by atoms with Crippen molar-refractivity contribution in [2.75, 3.05) is 51.3 Å². The van der Waals surface area contributed by atoms with Gasteiger partial charge >= 0.3 is 6.61 Å². The van der Waals surface area contributed by atoms with E-state index in [1.54, 1.807) is 19.2 Å². The number of benzene rings is 2. The van der Waals surface area contributed by atoms with Gasteiger partial charge in [-0.05, 0) is 49.7 Å². The molecule has 1 atom stereocenters. The van der Waals surface area contributed by atoms with Crippen LogP contribution in [0.5, 0.6) is 11.5 Å². The van der Waals surface area contributed by atoms with Crippen molar-refractivity contribution in [3.05, 3.63) is 54.1 Å². The van der Waals surface area contributed by atoms with E-state index in [2.05, 4.69) is 26.8 Å². The van der Waals surface area contributed by atoms with Gasteiger partial charge in [0.15, 0.2) is 0 Å². The van der Waals surface area contributed by atoms with E-state index in [1.807, 2.05) is 24.3 Å². The Hall–Kier alpha value is -2.38. The van der Waals surface area contributed by atoms with Crippen molar-refractivity contribution < 1.29 is 18.3 Å². The average molecular weight is 432 g/mol. The molecule has 0 unspecified atom stereocenters. The number of anilines is 1. The SMILES string of the molecule is COc1ccc(N2CCN([C@H]3CCCN(Cc4ccccc4OC(F)F)C3)CC2)cc1. The molecule has 2 heterocycles. The van der Waals surface area contributed by atoms with E-state index in [4.69, 9.17) is 9.47 Å². The first-order valence-electron chi connectivity index (χ1n) is 11.0. The van der Waals surface area contributed by atoms with Crippen LogP contribution in [-0.4, -0.2) is 68.8 Å². The quantitative estimate of drug-likeness (QED) is 0.659. The van der Waals surface area contributed by atoms with E-state index in [0.29, 0.717) is 12.6 Å². The first-order valence-corrected chi connectivity index (χ1v) is 11.0. The summed E-state index contributed by atoms with van der Waals surface area (Å²) < 4.78 is 35.4. The summed E-state index contributed by atoms with van der Waals surface area (Å²) in [6, 6.07) is 15.9. The second kappa shape index (κ2) is 10.3. The molecule has 2 fully saturated rings. The molecule has 2 aliphatic rings. The summed E-state index contributed by atoms with van der Waals surface area (Å²) in [7, 11) is 1.69. The predicted molar refractivity (Wildman–Crippen MR) is 118 cm³/mol. The maximum Gasteiger partial charge on any atom is 0.387 e. The van der Waals surface area contributed by atoms with Crippen molar-refractivity contribution in [1.82, 2.24) is 9.80 Å². The van der Waals surface area contributed by atoms with Crippen molar-refractivity contribution in [1.29, 1.82) is 0 Å². The summed E-state index contributed by atoms with van der Waals surface area (Å²) in [5.41, 5.74) is 2.06. The molecule has 31 heavy (non-hydrogen) atoms. The predicted octanol–water partition coefficient (Wildman–Crippen LogP) is 4.08. The van der Waals surface area contributed by atoms with E-state index in [-0.39, 0.29) is 5.75 Å². The van der Waals surface area contributed by atoms with Crippen LogP contribution in [0.4, 0.5) is 14.5 Å². The molecule has 168 valence electrons. The normalized spacial score (nSPS) is 20.8. The minimum absolute atomic E-state index is 0.285. The molecular weight excluding hydrogens is 400 g/mol. The number of halogens is 2. The molecule has 0 amide bonds. The van der Waals surface area contributed by atoms with Gasteiger partial charge in [0.05, 0.1) is 7.11 Å². The van der Waals surface area contributed by atoms with Crippen LogP contribution in [0, 0.1) is 0 Å². The van der Waals surface area contributed by atoms with Gasteiger partial charge in [-0.2, -0.15) is 8.78 Å². The molecular formula is C24H31F2N3O2. The van der Waals surface area contributed by atoms with Gasteiger partial charge in [0.2, 0.25) is 0 Å². The molecule has 2 aromatic carbocycles. The third-order valence-electron chi connectivity index (χ3n) is 6.33. The Morgan fingerprint density at radius 1 is 0.968 bits per heavy atom. The van der Waals surface area contributed by atoms with Gasteiger partial charge in [0.25, 0.3) is 0 Å². The fraction of sp³-hybridized carbons (Fsp3) is 0.500. The number of hydrogen-bond acceptors (Lipinski definition) is 5. The van der Waals surface area contributed by atoms with Crippen LogP contribution in [0.15, 0.2) is 48.5 Å². The molecule has 7 heteroatoms. The van der Waals surface area contributed by atoms with Crippen LogP contribution in [0.3, 0.4) is 0 Å². The molecule has 0 saturated carbocycles. The highest BCUT2D eigenvalue weighted by atomic mass is 19.3. The van der Waals surface area contributed by atoms with E-state index < -0.39 is 6.61 Å². The van der Waals surface area contributed by atoms with Gasteiger partial charge in [-0.1, -0.05) is 18.2 Å². The Balaban J connectivity index is 1.31. The van der Waals surface area contributed by atoms with E-state index in [1.165, 1.54) is 12.1 Å². The average Bonchev–Trinajstić information content (AvgIpc) is 2.80. The van der Waals surface area contributed by atoms with Gasteiger partial charge in [0, 0.05) is 56.6 Å². The van der Waals surface area contributed by atoms with E-state index in [9.17, 15) is 8.78 Å². The minimum atomic E-state index is -2.79. The maximum atomic E-state index is 12.7. The molecule has 0 spiro atoms. The summed E-state index contributed by atoms with van der Waals surface area (Å²) in [5.74, 6) is 1.16. The number of piperidine rings is 1. The zero-order chi connectivity index (χ0) is 21.6. The van der Waals surface area contributed by atoms with Gasteiger partial charge in [-0.15, -0.1) is 0 Å². The molecule has 5 nitrogen and oxygen atoms in total. The van der Waals surface area contributed by atoms with Crippen molar-refractivity contribution >= 4 is 5.69 Å².